The van der Waals surface area contributed by atoms with Crippen molar-refractivity contribution in [3.63, 3.8) is 0 Å². The van der Waals surface area contributed by atoms with Gasteiger partial charge in [0.05, 0.1) is 5.60 Å². The molecular weight excluding hydrogens is 356 g/mol. The van der Waals surface area contributed by atoms with E-state index in [1.807, 2.05) is 0 Å². The van der Waals surface area contributed by atoms with Crippen molar-refractivity contribution in [1.29, 1.82) is 0 Å². The zero-order chi connectivity index (χ0) is 15.1. The monoisotopic (exact) mass is 374 g/mol. The lowest BCUT2D eigenvalue weighted by Gasteiger charge is -2.46. The number of sulfonamides is 1. The normalized spacial score (nSPS) is 30.9. The quantitative estimate of drug-likeness (QED) is 0.860. The lowest BCUT2D eigenvalue weighted by molar-refractivity contribution is -0.0816. The summed E-state index contributed by atoms with van der Waals surface area (Å²) in [6, 6.07) is 1.57. The van der Waals surface area contributed by atoms with Crippen LogP contribution in [0.3, 0.4) is 0 Å². The number of hydrogen-bond acceptors (Lipinski definition) is 4. The first-order chi connectivity index (χ1) is 9.92. The highest BCUT2D eigenvalue weighted by Gasteiger charge is 2.45. The van der Waals surface area contributed by atoms with E-state index in [4.69, 9.17) is 0 Å². The van der Waals surface area contributed by atoms with Crippen LogP contribution in [0.2, 0.25) is 0 Å². The predicted molar refractivity (Wildman–Crippen MR) is 82.2 cm³/mol. The van der Waals surface area contributed by atoms with E-state index in [2.05, 4.69) is 20.9 Å². The number of pyridine rings is 1. The molecule has 0 aromatic carbocycles. The Hall–Kier alpha value is -0.500. The van der Waals surface area contributed by atoms with Crippen LogP contribution < -0.4 is 0 Å². The highest BCUT2D eigenvalue weighted by atomic mass is 79.9. The maximum Gasteiger partial charge on any atom is 0.244 e. The largest absolute Gasteiger partial charge is 0.390 e. The van der Waals surface area contributed by atoms with Crippen LogP contribution in [0.15, 0.2) is 27.8 Å². The summed E-state index contributed by atoms with van der Waals surface area (Å²) in [6.45, 7) is 0.785. The minimum Gasteiger partial charge on any atom is -0.390 e. The summed E-state index contributed by atoms with van der Waals surface area (Å²) in [5, 5.41) is 10.6. The van der Waals surface area contributed by atoms with Crippen molar-refractivity contribution >= 4 is 26.0 Å². The number of piperidine rings is 1. The lowest BCUT2D eigenvalue weighted by atomic mass is 9.72. The molecule has 2 fully saturated rings. The fourth-order valence-corrected chi connectivity index (χ4v) is 5.43. The number of fused-ring (bicyclic) bond motifs is 1. The van der Waals surface area contributed by atoms with E-state index < -0.39 is 15.6 Å². The molecule has 0 amide bonds. The molecule has 0 spiro atoms. The Morgan fingerprint density at radius 1 is 1.33 bits per heavy atom. The van der Waals surface area contributed by atoms with Crippen LogP contribution in [-0.2, 0) is 10.0 Å². The number of aromatic nitrogens is 1. The second-order valence-corrected chi connectivity index (χ2v) is 8.85. The Morgan fingerprint density at radius 2 is 2.14 bits per heavy atom. The second kappa shape index (κ2) is 5.61. The number of hydrogen-bond donors (Lipinski definition) is 1. The van der Waals surface area contributed by atoms with Crippen molar-refractivity contribution in [1.82, 2.24) is 9.29 Å². The fourth-order valence-electron chi connectivity index (χ4n) is 3.44. The molecule has 1 aliphatic heterocycles. The van der Waals surface area contributed by atoms with Crippen molar-refractivity contribution in [2.24, 2.45) is 5.92 Å². The summed E-state index contributed by atoms with van der Waals surface area (Å²) in [5.74, 6) is 0.0508. The van der Waals surface area contributed by atoms with E-state index in [-0.39, 0.29) is 10.8 Å². The Bertz CT molecular complexity index is 637. The van der Waals surface area contributed by atoms with E-state index >= 15 is 0 Å². The van der Waals surface area contributed by atoms with E-state index in [1.54, 1.807) is 12.3 Å². The molecule has 0 bridgehead atoms. The van der Waals surface area contributed by atoms with Gasteiger partial charge in [-0.2, -0.15) is 4.31 Å². The van der Waals surface area contributed by atoms with Crippen LogP contribution in [0.1, 0.15) is 32.1 Å². The molecule has 2 unspecified atom stereocenters. The molecule has 7 heteroatoms. The van der Waals surface area contributed by atoms with Crippen molar-refractivity contribution in [3.05, 3.63) is 22.9 Å². The maximum absolute atomic E-state index is 12.7. The van der Waals surface area contributed by atoms with Gasteiger partial charge in [-0.1, -0.05) is 12.8 Å². The van der Waals surface area contributed by atoms with Crippen LogP contribution in [0.5, 0.6) is 0 Å². The van der Waals surface area contributed by atoms with E-state index in [1.165, 1.54) is 10.5 Å². The summed E-state index contributed by atoms with van der Waals surface area (Å²) in [4.78, 5) is 4.14. The first-order valence-electron chi connectivity index (χ1n) is 7.25. The van der Waals surface area contributed by atoms with Gasteiger partial charge in [0.1, 0.15) is 4.90 Å². The van der Waals surface area contributed by atoms with Gasteiger partial charge in [-0.3, -0.25) is 4.98 Å². The zero-order valence-electron chi connectivity index (χ0n) is 11.7. The number of nitrogens with zero attached hydrogens (tertiary/aromatic N) is 2. The van der Waals surface area contributed by atoms with Gasteiger partial charge in [-0.25, -0.2) is 8.42 Å². The summed E-state index contributed by atoms with van der Waals surface area (Å²) in [5.41, 5.74) is -0.667. The molecule has 21 heavy (non-hydrogen) atoms. The Balaban J connectivity index is 1.84. The zero-order valence-corrected chi connectivity index (χ0v) is 14.1. The third kappa shape index (κ3) is 2.88. The smallest absolute Gasteiger partial charge is 0.244 e. The van der Waals surface area contributed by atoms with Gasteiger partial charge in [0.2, 0.25) is 10.0 Å². The molecule has 3 rings (SSSR count). The maximum atomic E-state index is 12.7. The third-order valence-electron chi connectivity index (χ3n) is 4.71. The molecule has 2 heterocycles. The van der Waals surface area contributed by atoms with Gasteiger partial charge >= 0.3 is 0 Å². The van der Waals surface area contributed by atoms with Gasteiger partial charge in [-0.15, -0.1) is 0 Å². The molecule has 1 aliphatic carbocycles. The average Bonchev–Trinajstić information content (AvgIpc) is 2.46. The van der Waals surface area contributed by atoms with E-state index in [0.29, 0.717) is 24.0 Å². The lowest BCUT2D eigenvalue weighted by Crippen LogP contribution is -2.54. The molecule has 0 radical (unpaired) electrons. The van der Waals surface area contributed by atoms with Crippen LogP contribution in [-0.4, -0.2) is 41.5 Å². The van der Waals surface area contributed by atoms with Gasteiger partial charge in [0, 0.05) is 35.9 Å². The average molecular weight is 375 g/mol. The first-order valence-corrected chi connectivity index (χ1v) is 9.48. The first kappa shape index (κ1) is 15.4. The highest BCUT2D eigenvalue weighted by Crippen LogP contribution is 2.41. The molecule has 2 atom stereocenters. The molecule has 2 aliphatic rings. The summed E-state index contributed by atoms with van der Waals surface area (Å²) in [6.07, 6.45) is 7.27. The minimum atomic E-state index is -3.53. The summed E-state index contributed by atoms with van der Waals surface area (Å²) in [7, 11) is -3.53. The Labute approximate surface area is 133 Å². The molecule has 1 saturated carbocycles. The van der Waals surface area contributed by atoms with E-state index in [9.17, 15) is 13.5 Å². The fraction of sp³-hybridized carbons (Fsp3) is 0.643. The molecule has 1 saturated heterocycles. The van der Waals surface area contributed by atoms with Crippen molar-refractivity contribution in [3.8, 4) is 0 Å². The molecule has 1 aromatic heterocycles. The summed E-state index contributed by atoms with van der Waals surface area (Å²) < 4.78 is 27.6. The SMILES string of the molecule is O=S(=O)(c1cncc(Br)c1)N1CCC2(O)CCCCC2C1. The van der Waals surface area contributed by atoms with Crippen LogP contribution in [0, 0.1) is 5.92 Å². The second-order valence-electron chi connectivity index (χ2n) is 6.00. The standard InChI is InChI=1S/C14H19BrN2O3S/c15-12-7-13(9-16-8-12)21(19,20)17-6-5-14(18)4-2-1-3-11(14)10-17/h7-9,11,18H,1-6,10H2. The summed E-state index contributed by atoms with van der Waals surface area (Å²) >= 11 is 3.26. The van der Waals surface area contributed by atoms with Crippen LogP contribution >= 0.6 is 15.9 Å². The highest BCUT2D eigenvalue weighted by molar-refractivity contribution is 9.10. The molecule has 5 nitrogen and oxygen atoms in total. The molecule has 1 N–H and O–H groups in total. The van der Waals surface area contributed by atoms with Crippen molar-refractivity contribution in [2.75, 3.05) is 13.1 Å². The van der Waals surface area contributed by atoms with Gasteiger partial charge in [-0.05, 0) is 41.3 Å². The van der Waals surface area contributed by atoms with Crippen LogP contribution in [0.25, 0.3) is 0 Å². The topological polar surface area (TPSA) is 70.5 Å². The van der Waals surface area contributed by atoms with Crippen molar-refractivity contribution < 1.29 is 13.5 Å². The number of rotatable bonds is 2. The van der Waals surface area contributed by atoms with Gasteiger partial charge < -0.3 is 5.11 Å². The Kier molecular flexibility index (Phi) is 4.11. The number of halogens is 1. The third-order valence-corrected chi connectivity index (χ3v) is 6.97. The van der Waals surface area contributed by atoms with Gasteiger partial charge in [0.25, 0.3) is 0 Å². The van der Waals surface area contributed by atoms with Gasteiger partial charge in [0.15, 0.2) is 0 Å². The van der Waals surface area contributed by atoms with Crippen molar-refractivity contribution in [2.45, 2.75) is 42.6 Å². The minimum absolute atomic E-state index is 0.0508. The molecular formula is C14H19BrN2O3S. The Morgan fingerprint density at radius 3 is 2.90 bits per heavy atom. The molecule has 116 valence electrons. The van der Waals surface area contributed by atoms with Crippen LogP contribution in [0.4, 0.5) is 0 Å². The van der Waals surface area contributed by atoms with E-state index in [0.717, 1.165) is 25.7 Å². The molecule has 1 aromatic rings. The number of aliphatic hydroxyl groups is 1. The predicted octanol–water partition coefficient (Wildman–Crippen LogP) is 2.16.